The minimum absolute atomic E-state index is 0. The second-order valence-electron chi connectivity index (χ2n) is 9.24. The Morgan fingerprint density at radius 1 is 0.353 bits per heavy atom. The Hall–Kier alpha value is -2.94. The van der Waals surface area contributed by atoms with Crippen molar-refractivity contribution < 1.29 is 15.3 Å². The fraction of sp³-hybridized carbons (Fsp3) is 0.625. The number of hydrogen-bond donors (Lipinski definition) is 3. The van der Waals surface area contributed by atoms with Gasteiger partial charge in [0, 0.05) is 0 Å². The van der Waals surface area contributed by atoms with Crippen molar-refractivity contribution in [1.82, 2.24) is 0 Å². The summed E-state index contributed by atoms with van der Waals surface area (Å²) in [4.78, 5) is 0. The van der Waals surface area contributed by atoms with Crippen molar-refractivity contribution in [2.24, 2.45) is 29.6 Å². The van der Waals surface area contributed by atoms with Crippen molar-refractivity contribution in [3.8, 4) is 17.2 Å². The lowest BCUT2D eigenvalue weighted by Gasteiger charge is -2.23. The van der Waals surface area contributed by atoms with Crippen LogP contribution >= 0.6 is 0 Å². The number of benzene rings is 3. The molecule has 3 fully saturated rings. The molecule has 4 atom stereocenters. The summed E-state index contributed by atoms with van der Waals surface area (Å²) in [6.07, 6.45) is 7.93. The van der Waals surface area contributed by atoms with Gasteiger partial charge < -0.3 is 15.3 Å². The van der Waals surface area contributed by atoms with Crippen molar-refractivity contribution in [2.75, 3.05) is 0 Å². The van der Waals surface area contributed by atoms with E-state index in [-0.39, 0.29) is 22.3 Å². The predicted molar refractivity (Wildman–Crippen MR) is 242 cm³/mol. The molecule has 3 saturated carbocycles. The van der Waals surface area contributed by atoms with Crippen LogP contribution < -0.4 is 0 Å². The summed E-state index contributed by atoms with van der Waals surface area (Å²) in [5.74, 6) is 6.75. The van der Waals surface area contributed by atoms with Gasteiger partial charge in [-0.1, -0.05) is 195 Å². The first-order valence-corrected chi connectivity index (χ1v) is 19.7. The molecule has 0 spiro atoms. The van der Waals surface area contributed by atoms with Crippen LogP contribution in [0.4, 0.5) is 0 Å². The molecule has 6 rings (SSSR count). The number of fused-ring (bicyclic) bond motifs is 5. The van der Waals surface area contributed by atoms with Crippen molar-refractivity contribution in [1.29, 1.82) is 0 Å². The van der Waals surface area contributed by atoms with E-state index >= 15 is 0 Å². The average molecular weight is 721 g/mol. The van der Waals surface area contributed by atoms with E-state index in [1.807, 2.05) is 129 Å². The molecule has 0 aliphatic heterocycles. The highest BCUT2D eigenvalue weighted by atomic mass is 16.3. The molecule has 0 aromatic heterocycles. The Morgan fingerprint density at radius 2 is 0.549 bits per heavy atom. The number of phenolic OH excluding ortho intramolecular Hbond substituents is 3. The topological polar surface area (TPSA) is 60.7 Å². The van der Waals surface area contributed by atoms with E-state index in [9.17, 15) is 0 Å². The summed E-state index contributed by atoms with van der Waals surface area (Å²) >= 11 is 0. The molecule has 4 unspecified atom stereocenters. The normalized spacial score (nSPS) is 17.5. The highest BCUT2D eigenvalue weighted by Gasteiger charge is 2.50. The van der Waals surface area contributed by atoms with E-state index in [1.165, 1.54) is 23.7 Å². The lowest BCUT2D eigenvalue weighted by molar-refractivity contribution is 0.259. The van der Waals surface area contributed by atoms with Gasteiger partial charge in [0.15, 0.2) is 0 Å². The van der Waals surface area contributed by atoms with Gasteiger partial charge in [-0.15, -0.1) is 0 Å². The van der Waals surface area contributed by atoms with E-state index in [1.54, 1.807) is 105 Å². The zero-order valence-corrected chi connectivity index (χ0v) is 34.9. The molecule has 3 aromatic rings. The number of para-hydroxylation sites is 3. The van der Waals surface area contributed by atoms with Crippen LogP contribution in [0, 0.1) is 29.6 Å². The Kier molecular flexibility index (Phi) is 81.0. The maximum absolute atomic E-state index is 8.63. The number of phenols is 3. The monoisotopic (exact) mass is 721 g/mol. The maximum Gasteiger partial charge on any atom is 0.115 e. The van der Waals surface area contributed by atoms with Gasteiger partial charge in [-0.3, -0.25) is 0 Å². The highest BCUT2D eigenvalue weighted by Crippen LogP contribution is 2.59. The first kappa shape index (κ1) is 69.8. The van der Waals surface area contributed by atoms with Gasteiger partial charge in [0.05, 0.1) is 0 Å². The fourth-order valence-electron chi connectivity index (χ4n) is 5.57. The van der Waals surface area contributed by atoms with E-state index in [0.717, 1.165) is 5.92 Å². The molecule has 306 valence electrons. The van der Waals surface area contributed by atoms with Crippen LogP contribution in [0.25, 0.3) is 0 Å². The number of aromatic hydroxyl groups is 3. The van der Waals surface area contributed by atoms with Crippen LogP contribution in [0.3, 0.4) is 0 Å². The second kappa shape index (κ2) is 59.2. The minimum atomic E-state index is 0. The number of hydrogen-bond acceptors (Lipinski definition) is 3. The third-order valence-electron chi connectivity index (χ3n) is 6.89. The van der Waals surface area contributed by atoms with Gasteiger partial charge in [0.1, 0.15) is 17.2 Å². The minimum Gasteiger partial charge on any atom is -0.508 e. The molecular formula is C48H96O3. The highest BCUT2D eigenvalue weighted by molar-refractivity contribution is 5.19. The molecule has 0 amide bonds. The van der Waals surface area contributed by atoms with Crippen molar-refractivity contribution >= 4 is 0 Å². The number of rotatable bonds is 0. The van der Waals surface area contributed by atoms with Crippen molar-refractivity contribution in [3.63, 3.8) is 0 Å². The molecule has 3 aliphatic carbocycles. The summed E-state index contributed by atoms with van der Waals surface area (Å²) in [6.45, 7) is 34.5. The summed E-state index contributed by atoms with van der Waals surface area (Å²) in [5, 5.41) is 25.9. The zero-order chi connectivity index (χ0) is 38.8. The van der Waals surface area contributed by atoms with Gasteiger partial charge in [-0.25, -0.2) is 0 Å². The SMILES string of the molecule is C.C.C.CC.CC.CC.CC.CC.CC.CC.CC.CC1CC2C3CCC(C3)C2C1.Oc1ccccc1.Oc1ccccc1.Oc1ccccc1. The molecule has 51 heavy (non-hydrogen) atoms. The quantitative estimate of drug-likeness (QED) is 0.217. The smallest absolute Gasteiger partial charge is 0.115 e. The van der Waals surface area contributed by atoms with E-state index in [4.69, 9.17) is 15.3 Å². The Labute approximate surface area is 324 Å². The van der Waals surface area contributed by atoms with Gasteiger partial charge >= 0.3 is 0 Å². The van der Waals surface area contributed by atoms with Gasteiger partial charge in [-0.05, 0) is 98.1 Å². The molecule has 3 nitrogen and oxygen atoms in total. The molecule has 3 heteroatoms. The van der Waals surface area contributed by atoms with Gasteiger partial charge in [0.2, 0.25) is 0 Å². The predicted octanol–water partition coefficient (Wildman–Crippen LogP) is 17.4. The molecule has 0 saturated heterocycles. The summed E-state index contributed by atoms with van der Waals surface area (Å²) in [5.41, 5.74) is 0. The van der Waals surface area contributed by atoms with Gasteiger partial charge in [-0.2, -0.15) is 0 Å². The van der Waals surface area contributed by atoms with Crippen molar-refractivity contribution in [3.05, 3.63) is 91.0 Å². The zero-order valence-electron chi connectivity index (χ0n) is 34.9. The first-order chi connectivity index (χ1) is 23.5. The third kappa shape index (κ3) is 38.1. The molecular weight excluding hydrogens is 625 g/mol. The summed E-state index contributed by atoms with van der Waals surface area (Å²) in [6, 6.07) is 26.1. The second-order valence-corrected chi connectivity index (χ2v) is 9.24. The largest absolute Gasteiger partial charge is 0.508 e. The molecule has 0 radical (unpaired) electrons. The van der Waals surface area contributed by atoms with Crippen LogP contribution in [0.15, 0.2) is 91.0 Å². The Morgan fingerprint density at radius 3 is 0.706 bits per heavy atom. The average Bonchev–Trinajstić information content (AvgIpc) is 3.91. The standard InChI is InChI=1S/C11H18.3C6H6O.8C2H6.3CH4/c1-7-4-10-8-2-3-9(6-8)11(10)5-7;3*7-6-4-2-1-3-5-6;8*1-2;;;/h7-11H,2-6H2,1H3;3*1-5,7H;8*1-2H3;3*1H4. The van der Waals surface area contributed by atoms with E-state index in [2.05, 4.69) is 6.92 Å². The van der Waals surface area contributed by atoms with Gasteiger partial charge in [0.25, 0.3) is 0 Å². The lowest BCUT2D eigenvalue weighted by atomic mass is 9.82. The van der Waals surface area contributed by atoms with Crippen LogP contribution in [0.2, 0.25) is 0 Å². The van der Waals surface area contributed by atoms with E-state index < -0.39 is 0 Å². The molecule has 3 aromatic carbocycles. The summed E-state index contributed by atoms with van der Waals surface area (Å²) in [7, 11) is 0. The summed E-state index contributed by atoms with van der Waals surface area (Å²) < 4.78 is 0. The molecule has 2 bridgehead atoms. The third-order valence-corrected chi connectivity index (χ3v) is 6.89. The molecule has 0 heterocycles. The van der Waals surface area contributed by atoms with Crippen molar-refractivity contribution in [2.45, 2.75) is 172 Å². The molecule has 3 N–H and O–H groups in total. The van der Waals surface area contributed by atoms with Crippen LogP contribution in [-0.4, -0.2) is 15.3 Å². The van der Waals surface area contributed by atoms with Crippen LogP contribution in [0.5, 0.6) is 17.2 Å². The maximum atomic E-state index is 8.63. The van der Waals surface area contributed by atoms with E-state index in [0.29, 0.717) is 17.2 Å². The first-order valence-electron chi connectivity index (χ1n) is 19.7. The van der Waals surface area contributed by atoms with Crippen LogP contribution in [-0.2, 0) is 0 Å². The lowest BCUT2D eigenvalue weighted by Crippen LogP contribution is -2.15. The molecule has 3 aliphatic rings. The Balaban J connectivity index is -0.0000000579. The van der Waals surface area contributed by atoms with Crippen LogP contribution in [0.1, 0.15) is 172 Å². The Bertz CT molecular complexity index is 777. The fourth-order valence-corrected chi connectivity index (χ4v) is 5.57.